The number of aromatic nitrogens is 1. The zero-order valence-corrected chi connectivity index (χ0v) is 12.2. The largest absolute Gasteiger partial charge is 0.459 e. The predicted molar refractivity (Wildman–Crippen MR) is 73.5 cm³/mol. The molecule has 0 saturated carbocycles. The van der Waals surface area contributed by atoms with E-state index in [1.54, 1.807) is 6.20 Å². The van der Waals surface area contributed by atoms with Crippen LogP contribution in [0.15, 0.2) is 18.5 Å². The number of likely N-dealkylation sites (tertiary alicyclic amines) is 1. The van der Waals surface area contributed by atoms with Gasteiger partial charge in [-0.3, -0.25) is 14.7 Å². The average Bonchev–Trinajstić information content (AvgIpc) is 2.75. The Bertz CT molecular complexity index is 485. The molecule has 0 bridgehead atoms. The fraction of sp³-hybridized carbons (Fsp3) is 0.600. The standard InChI is InChI=1S/C15H21FN2O2/c1-15(2,3)20-14(19)13-5-4-6-18(13)10-11-7-12(16)9-17-8-11/h7-9,13H,4-6,10H2,1-3H3/t13-/m0/s1. The van der Waals surface area contributed by atoms with Crippen molar-refractivity contribution in [1.82, 2.24) is 9.88 Å². The molecule has 5 heteroatoms. The summed E-state index contributed by atoms with van der Waals surface area (Å²) in [5.41, 5.74) is 0.298. The molecule has 1 aliphatic heterocycles. The molecule has 2 rings (SSSR count). The molecule has 0 spiro atoms. The number of pyridine rings is 1. The van der Waals surface area contributed by atoms with E-state index in [2.05, 4.69) is 4.98 Å². The number of hydrogen-bond donors (Lipinski definition) is 0. The van der Waals surface area contributed by atoms with Crippen LogP contribution < -0.4 is 0 Å². The third-order valence-corrected chi connectivity index (χ3v) is 3.19. The molecule has 1 aromatic rings. The van der Waals surface area contributed by atoms with Crippen molar-refractivity contribution in [3.63, 3.8) is 0 Å². The van der Waals surface area contributed by atoms with E-state index in [4.69, 9.17) is 4.74 Å². The Morgan fingerprint density at radius 2 is 2.25 bits per heavy atom. The lowest BCUT2D eigenvalue weighted by Gasteiger charge is -2.27. The minimum atomic E-state index is -0.480. The second kappa shape index (κ2) is 5.87. The highest BCUT2D eigenvalue weighted by Crippen LogP contribution is 2.23. The highest BCUT2D eigenvalue weighted by atomic mass is 19.1. The van der Waals surface area contributed by atoms with Crippen molar-refractivity contribution < 1.29 is 13.9 Å². The van der Waals surface area contributed by atoms with E-state index >= 15 is 0 Å². The number of nitrogens with zero attached hydrogens (tertiary/aromatic N) is 2. The van der Waals surface area contributed by atoms with E-state index < -0.39 is 5.60 Å². The fourth-order valence-corrected chi connectivity index (χ4v) is 2.43. The quantitative estimate of drug-likeness (QED) is 0.798. The zero-order valence-electron chi connectivity index (χ0n) is 12.2. The maximum absolute atomic E-state index is 13.1. The second-order valence-corrected chi connectivity index (χ2v) is 6.17. The summed E-state index contributed by atoms with van der Waals surface area (Å²) in [6.07, 6.45) is 4.55. The van der Waals surface area contributed by atoms with Crippen LogP contribution in [0.4, 0.5) is 4.39 Å². The number of carbonyl (C=O) groups excluding carboxylic acids is 1. The van der Waals surface area contributed by atoms with Gasteiger partial charge in [0.25, 0.3) is 0 Å². The molecule has 0 radical (unpaired) electrons. The Labute approximate surface area is 118 Å². The van der Waals surface area contributed by atoms with Gasteiger partial charge in [0, 0.05) is 12.7 Å². The van der Waals surface area contributed by atoms with Crippen LogP contribution in [0.1, 0.15) is 39.2 Å². The molecular formula is C15H21FN2O2. The Balaban J connectivity index is 2.02. The normalized spacial score (nSPS) is 20.1. The Morgan fingerprint density at radius 1 is 1.50 bits per heavy atom. The number of ether oxygens (including phenoxy) is 1. The van der Waals surface area contributed by atoms with Crippen LogP contribution in [-0.2, 0) is 16.1 Å². The first-order valence-electron chi connectivity index (χ1n) is 6.91. The SMILES string of the molecule is CC(C)(C)OC(=O)[C@@H]1CCCN1Cc1cncc(F)c1. The Hall–Kier alpha value is -1.49. The molecule has 20 heavy (non-hydrogen) atoms. The van der Waals surface area contributed by atoms with Crippen LogP contribution in [0.5, 0.6) is 0 Å². The lowest BCUT2D eigenvalue weighted by atomic mass is 10.1. The first kappa shape index (κ1) is 14.9. The van der Waals surface area contributed by atoms with E-state index in [-0.39, 0.29) is 17.8 Å². The first-order chi connectivity index (χ1) is 9.35. The molecule has 4 nitrogen and oxygen atoms in total. The minimum absolute atomic E-state index is 0.195. The van der Waals surface area contributed by atoms with Gasteiger partial charge in [-0.1, -0.05) is 0 Å². The summed E-state index contributed by atoms with van der Waals surface area (Å²) in [6, 6.07) is 1.22. The highest BCUT2D eigenvalue weighted by molar-refractivity contribution is 5.76. The molecule has 1 aromatic heterocycles. The maximum Gasteiger partial charge on any atom is 0.323 e. The van der Waals surface area contributed by atoms with Gasteiger partial charge in [0.15, 0.2) is 0 Å². The molecule has 1 fully saturated rings. The van der Waals surface area contributed by atoms with Crippen LogP contribution in [0.2, 0.25) is 0 Å². The van der Waals surface area contributed by atoms with Crippen LogP contribution in [0, 0.1) is 5.82 Å². The van der Waals surface area contributed by atoms with Crippen molar-refractivity contribution in [3.05, 3.63) is 29.8 Å². The third kappa shape index (κ3) is 4.00. The molecule has 0 unspecified atom stereocenters. The number of halogens is 1. The first-order valence-corrected chi connectivity index (χ1v) is 6.91. The molecule has 0 aliphatic carbocycles. The van der Waals surface area contributed by atoms with Crippen molar-refractivity contribution in [3.8, 4) is 0 Å². The summed E-state index contributed by atoms with van der Waals surface area (Å²) >= 11 is 0. The van der Waals surface area contributed by atoms with E-state index in [1.165, 1.54) is 12.3 Å². The van der Waals surface area contributed by atoms with Gasteiger partial charge < -0.3 is 4.74 Å². The van der Waals surface area contributed by atoms with Crippen LogP contribution in [0.25, 0.3) is 0 Å². The van der Waals surface area contributed by atoms with Crippen LogP contribution in [-0.4, -0.2) is 34.0 Å². The van der Waals surface area contributed by atoms with Crippen molar-refractivity contribution in [1.29, 1.82) is 0 Å². The third-order valence-electron chi connectivity index (χ3n) is 3.19. The average molecular weight is 280 g/mol. The fourth-order valence-electron chi connectivity index (χ4n) is 2.43. The summed E-state index contributed by atoms with van der Waals surface area (Å²) in [4.78, 5) is 18.0. The van der Waals surface area contributed by atoms with Crippen LogP contribution >= 0.6 is 0 Å². The van der Waals surface area contributed by atoms with Gasteiger partial charge in [0.05, 0.1) is 6.20 Å². The number of hydrogen-bond acceptors (Lipinski definition) is 4. The summed E-state index contributed by atoms with van der Waals surface area (Å²) in [5, 5.41) is 0. The second-order valence-electron chi connectivity index (χ2n) is 6.17. The Kier molecular flexibility index (Phi) is 4.38. The van der Waals surface area contributed by atoms with E-state index in [0.717, 1.165) is 24.9 Å². The van der Waals surface area contributed by atoms with E-state index in [0.29, 0.717) is 6.54 Å². The smallest absolute Gasteiger partial charge is 0.323 e. The van der Waals surface area contributed by atoms with Gasteiger partial charge in [-0.15, -0.1) is 0 Å². The van der Waals surface area contributed by atoms with Gasteiger partial charge in [-0.25, -0.2) is 4.39 Å². The summed E-state index contributed by atoms with van der Waals surface area (Å²) in [5.74, 6) is -0.546. The summed E-state index contributed by atoms with van der Waals surface area (Å²) in [7, 11) is 0. The summed E-state index contributed by atoms with van der Waals surface area (Å²) in [6.45, 7) is 6.93. The molecule has 0 aromatic carbocycles. The summed E-state index contributed by atoms with van der Waals surface area (Å²) < 4.78 is 18.6. The van der Waals surface area contributed by atoms with Crippen molar-refractivity contribution in [2.45, 2.75) is 51.8 Å². The van der Waals surface area contributed by atoms with Crippen molar-refractivity contribution in [2.75, 3.05) is 6.54 Å². The molecule has 0 amide bonds. The molecule has 110 valence electrons. The van der Waals surface area contributed by atoms with Crippen molar-refractivity contribution >= 4 is 5.97 Å². The predicted octanol–water partition coefficient (Wildman–Crippen LogP) is 2.53. The minimum Gasteiger partial charge on any atom is -0.459 e. The topological polar surface area (TPSA) is 42.4 Å². The lowest BCUT2D eigenvalue weighted by molar-refractivity contribution is -0.160. The molecule has 2 heterocycles. The van der Waals surface area contributed by atoms with Gasteiger partial charge in [-0.2, -0.15) is 0 Å². The van der Waals surface area contributed by atoms with Gasteiger partial charge in [-0.05, 0) is 51.8 Å². The number of esters is 1. The van der Waals surface area contributed by atoms with Crippen LogP contribution in [0.3, 0.4) is 0 Å². The Morgan fingerprint density at radius 3 is 2.90 bits per heavy atom. The van der Waals surface area contributed by atoms with E-state index in [1.807, 2.05) is 25.7 Å². The number of carbonyl (C=O) groups is 1. The maximum atomic E-state index is 13.1. The molecule has 1 aliphatic rings. The molecule has 1 atom stereocenters. The van der Waals surface area contributed by atoms with Gasteiger partial charge >= 0.3 is 5.97 Å². The van der Waals surface area contributed by atoms with Crippen molar-refractivity contribution in [2.24, 2.45) is 0 Å². The number of rotatable bonds is 3. The highest BCUT2D eigenvalue weighted by Gasteiger charge is 2.33. The lowest BCUT2D eigenvalue weighted by Crippen LogP contribution is -2.40. The van der Waals surface area contributed by atoms with E-state index in [9.17, 15) is 9.18 Å². The monoisotopic (exact) mass is 280 g/mol. The van der Waals surface area contributed by atoms with Gasteiger partial charge in [0.1, 0.15) is 17.5 Å². The molecule has 0 N–H and O–H groups in total. The van der Waals surface area contributed by atoms with Gasteiger partial charge in [0.2, 0.25) is 0 Å². The zero-order chi connectivity index (χ0) is 14.8. The molecule has 1 saturated heterocycles. The molecular weight excluding hydrogens is 259 g/mol.